The molecule has 11 heteroatoms. The average Bonchev–Trinajstić information content (AvgIpc) is 3.29. The lowest BCUT2D eigenvalue weighted by molar-refractivity contribution is 0.0169. The van der Waals surface area contributed by atoms with Gasteiger partial charge < -0.3 is 29.4 Å². The zero-order valence-corrected chi connectivity index (χ0v) is 21.5. The van der Waals surface area contributed by atoms with E-state index in [-0.39, 0.29) is 30.0 Å². The molecule has 1 saturated heterocycles. The highest BCUT2D eigenvalue weighted by Gasteiger charge is 2.24. The van der Waals surface area contributed by atoms with Gasteiger partial charge in [-0.05, 0) is 24.6 Å². The molecule has 1 fully saturated rings. The van der Waals surface area contributed by atoms with E-state index in [2.05, 4.69) is 43.7 Å². The smallest absolute Gasteiger partial charge is 0.191 e. The summed E-state index contributed by atoms with van der Waals surface area (Å²) in [6, 6.07) is 6.21. The second-order valence-corrected chi connectivity index (χ2v) is 7.12. The zero-order chi connectivity index (χ0) is 22.1. The summed E-state index contributed by atoms with van der Waals surface area (Å²) in [6.45, 7) is 7.30. The Kier molecular flexibility index (Phi) is 11.0. The predicted octanol–water partition coefficient (Wildman–Crippen LogP) is 1.67. The number of nitrogens with one attached hydrogen (secondary N) is 2. The molecule has 1 aromatic heterocycles. The minimum absolute atomic E-state index is 0. The number of halogens is 1. The van der Waals surface area contributed by atoms with Crippen LogP contribution in [0, 0.1) is 0 Å². The molecule has 0 spiro atoms. The summed E-state index contributed by atoms with van der Waals surface area (Å²) in [5, 5.41) is 14.9. The summed E-state index contributed by atoms with van der Waals surface area (Å²) in [6.07, 6.45) is 1.73. The molecule has 1 aliphatic rings. The fraction of sp³-hybridized carbons (Fsp3) is 0.571. The highest BCUT2D eigenvalue weighted by atomic mass is 127. The number of aliphatic imine (C=N–C) groups is 1. The average molecular weight is 559 g/mol. The second-order valence-electron chi connectivity index (χ2n) is 7.12. The number of guanidine groups is 1. The SMILES string of the molecule is CCn1cnnc1CNC(=NC)NCC(c1ccc(OC)c(OC)c1)N1CCOCC1.I. The van der Waals surface area contributed by atoms with Crippen LogP contribution in [0.4, 0.5) is 0 Å². The quantitative estimate of drug-likeness (QED) is 0.272. The minimum Gasteiger partial charge on any atom is -0.493 e. The molecule has 1 aromatic carbocycles. The van der Waals surface area contributed by atoms with Crippen molar-refractivity contribution < 1.29 is 14.2 Å². The van der Waals surface area contributed by atoms with E-state index in [0.29, 0.717) is 19.0 Å². The Hall–Kier alpha value is -2.12. The van der Waals surface area contributed by atoms with E-state index in [0.717, 1.165) is 55.7 Å². The minimum atomic E-state index is 0. The molecule has 0 aliphatic carbocycles. The van der Waals surface area contributed by atoms with Gasteiger partial charge in [0, 0.05) is 33.2 Å². The van der Waals surface area contributed by atoms with Gasteiger partial charge in [0.15, 0.2) is 23.3 Å². The van der Waals surface area contributed by atoms with Crippen LogP contribution < -0.4 is 20.1 Å². The molecule has 32 heavy (non-hydrogen) atoms. The maximum absolute atomic E-state index is 5.56. The van der Waals surface area contributed by atoms with E-state index < -0.39 is 0 Å². The van der Waals surface area contributed by atoms with Gasteiger partial charge in [-0.1, -0.05) is 6.07 Å². The molecule has 1 aliphatic heterocycles. The van der Waals surface area contributed by atoms with E-state index in [1.54, 1.807) is 27.6 Å². The molecule has 0 radical (unpaired) electrons. The van der Waals surface area contributed by atoms with Gasteiger partial charge in [-0.2, -0.15) is 0 Å². The van der Waals surface area contributed by atoms with Gasteiger partial charge in [0.2, 0.25) is 0 Å². The third-order valence-corrected chi connectivity index (χ3v) is 5.42. The standard InChI is InChI=1S/C21H33N7O3.HI/c1-5-27-15-25-26-20(27)14-24-21(22-2)23-13-17(28-8-10-31-11-9-28)16-6-7-18(29-3)19(12-16)30-4;/h6-7,12,15,17H,5,8-11,13-14H2,1-4H3,(H2,22,23,24);1H. The Labute approximate surface area is 206 Å². The largest absolute Gasteiger partial charge is 0.493 e. The van der Waals surface area contributed by atoms with Crippen LogP contribution in [0.2, 0.25) is 0 Å². The lowest BCUT2D eigenvalue weighted by atomic mass is 10.0. The Morgan fingerprint density at radius 3 is 2.59 bits per heavy atom. The molecule has 2 N–H and O–H groups in total. The molecule has 0 amide bonds. The summed E-state index contributed by atoms with van der Waals surface area (Å²) in [7, 11) is 5.07. The van der Waals surface area contributed by atoms with Crippen LogP contribution in [0.15, 0.2) is 29.5 Å². The first-order valence-electron chi connectivity index (χ1n) is 10.5. The molecule has 3 rings (SSSR count). The molecule has 2 heterocycles. The Morgan fingerprint density at radius 2 is 1.94 bits per heavy atom. The van der Waals surface area contributed by atoms with Gasteiger partial charge in [-0.3, -0.25) is 9.89 Å². The van der Waals surface area contributed by atoms with Crippen molar-refractivity contribution in [2.24, 2.45) is 4.99 Å². The van der Waals surface area contributed by atoms with E-state index in [9.17, 15) is 0 Å². The molecular formula is C21H34IN7O3. The number of nitrogens with zero attached hydrogens (tertiary/aromatic N) is 5. The highest BCUT2D eigenvalue weighted by molar-refractivity contribution is 14.0. The molecular weight excluding hydrogens is 525 g/mol. The number of benzene rings is 1. The van der Waals surface area contributed by atoms with Crippen LogP contribution in [0.25, 0.3) is 0 Å². The number of morpholine rings is 1. The zero-order valence-electron chi connectivity index (χ0n) is 19.2. The van der Waals surface area contributed by atoms with E-state index in [1.807, 2.05) is 16.7 Å². The maximum atomic E-state index is 5.56. The summed E-state index contributed by atoms with van der Waals surface area (Å²) in [4.78, 5) is 6.78. The van der Waals surface area contributed by atoms with Crippen molar-refractivity contribution in [1.82, 2.24) is 30.3 Å². The van der Waals surface area contributed by atoms with E-state index in [4.69, 9.17) is 14.2 Å². The van der Waals surface area contributed by atoms with Gasteiger partial charge in [0.25, 0.3) is 0 Å². The van der Waals surface area contributed by atoms with Crippen molar-refractivity contribution in [3.63, 3.8) is 0 Å². The summed E-state index contributed by atoms with van der Waals surface area (Å²) in [5.74, 6) is 3.02. The first-order valence-corrected chi connectivity index (χ1v) is 10.5. The fourth-order valence-corrected chi connectivity index (χ4v) is 3.66. The van der Waals surface area contributed by atoms with Gasteiger partial charge in [-0.15, -0.1) is 34.2 Å². The first kappa shape index (κ1) is 26.1. The number of aromatic nitrogens is 3. The van der Waals surface area contributed by atoms with Gasteiger partial charge in [0.05, 0.1) is 40.0 Å². The topological polar surface area (TPSA) is 98.1 Å². The van der Waals surface area contributed by atoms with Crippen molar-refractivity contribution in [1.29, 1.82) is 0 Å². The van der Waals surface area contributed by atoms with Crippen LogP contribution in [0.1, 0.15) is 24.4 Å². The number of methoxy groups -OCH3 is 2. The van der Waals surface area contributed by atoms with Crippen LogP contribution >= 0.6 is 24.0 Å². The lowest BCUT2D eigenvalue weighted by Crippen LogP contribution is -2.46. The highest BCUT2D eigenvalue weighted by Crippen LogP contribution is 2.32. The van der Waals surface area contributed by atoms with Crippen molar-refractivity contribution in [3.05, 3.63) is 35.9 Å². The van der Waals surface area contributed by atoms with Crippen molar-refractivity contribution in [2.45, 2.75) is 26.1 Å². The summed E-state index contributed by atoms with van der Waals surface area (Å²) >= 11 is 0. The Bertz CT molecular complexity index is 856. The van der Waals surface area contributed by atoms with Crippen molar-refractivity contribution in [3.8, 4) is 11.5 Å². The van der Waals surface area contributed by atoms with Crippen LogP contribution in [-0.4, -0.2) is 79.7 Å². The van der Waals surface area contributed by atoms with Crippen molar-refractivity contribution >= 4 is 29.9 Å². The van der Waals surface area contributed by atoms with Gasteiger partial charge in [0.1, 0.15) is 6.33 Å². The first-order chi connectivity index (χ1) is 15.2. The molecule has 2 aromatic rings. The number of rotatable bonds is 9. The fourth-order valence-electron chi connectivity index (χ4n) is 3.66. The molecule has 178 valence electrons. The Morgan fingerprint density at radius 1 is 1.19 bits per heavy atom. The molecule has 10 nitrogen and oxygen atoms in total. The number of hydrogen-bond donors (Lipinski definition) is 2. The number of hydrogen-bond acceptors (Lipinski definition) is 7. The third-order valence-electron chi connectivity index (χ3n) is 5.42. The van der Waals surface area contributed by atoms with Gasteiger partial charge >= 0.3 is 0 Å². The van der Waals surface area contributed by atoms with E-state index in [1.165, 1.54) is 0 Å². The second kappa shape index (κ2) is 13.4. The van der Waals surface area contributed by atoms with Crippen molar-refractivity contribution in [2.75, 3.05) is 54.1 Å². The number of ether oxygens (including phenoxy) is 3. The molecule has 1 unspecified atom stereocenters. The summed E-state index contributed by atoms with van der Waals surface area (Å²) in [5.41, 5.74) is 1.15. The van der Waals surface area contributed by atoms with Crippen LogP contribution in [0.5, 0.6) is 11.5 Å². The van der Waals surface area contributed by atoms with E-state index >= 15 is 0 Å². The lowest BCUT2D eigenvalue weighted by Gasteiger charge is -2.35. The monoisotopic (exact) mass is 559 g/mol. The van der Waals surface area contributed by atoms with Gasteiger partial charge in [-0.25, -0.2) is 0 Å². The Balaban J connectivity index is 0.00000363. The predicted molar refractivity (Wildman–Crippen MR) is 134 cm³/mol. The molecule has 1 atom stereocenters. The van der Waals surface area contributed by atoms with Crippen LogP contribution in [-0.2, 0) is 17.8 Å². The normalized spacial score (nSPS) is 15.6. The third kappa shape index (κ3) is 6.69. The summed E-state index contributed by atoms with van der Waals surface area (Å²) < 4.78 is 18.5. The van der Waals surface area contributed by atoms with Crippen LogP contribution in [0.3, 0.4) is 0 Å². The maximum Gasteiger partial charge on any atom is 0.191 e. The molecule has 0 bridgehead atoms. The number of aryl methyl sites for hydroxylation is 1. The molecule has 0 saturated carbocycles.